The van der Waals surface area contributed by atoms with Crippen molar-refractivity contribution in [1.82, 2.24) is 5.32 Å². The molecule has 0 saturated carbocycles. The fourth-order valence-corrected chi connectivity index (χ4v) is 1.75. The molecule has 0 saturated heterocycles. The summed E-state index contributed by atoms with van der Waals surface area (Å²) in [7, 11) is 0. The maximum Gasteiger partial charge on any atom is 0.326 e. The molecule has 1 amide bonds. The van der Waals surface area contributed by atoms with Crippen molar-refractivity contribution in [1.29, 1.82) is 0 Å². The summed E-state index contributed by atoms with van der Waals surface area (Å²) in [6.07, 6.45) is -0.621. The van der Waals surface area contributed by atoms with E-state index in [1.54, 1.807) is 12.1 Å². The van der Waals surface area contributed by atoms with Crippen molar-refractivity contribution in [2.24, 2.45) is 0 Å². The molecule has 112 valence electrons. The number of Topliss-reactive ketones (excluding diaryl/α,β-unsaturated/α-hetero) is 1. The van der Waals surface area contributed by atoms with Gasteiger partial charge in [-0.2, -0.15) is 0 Å². The van der Waals surface area contributed by atoms with Crippen LogP contribution in [0.1, 0.15) is 40.5 Å². The molecule has 0 bridgehead atoms. The number of carboxylic acid groups (broad SMARTS) is 2. The van der Waals surface area contributed by atoms with Gasteiger partial charge in [0.15, 0.2) is 5.78 Å². The Morgan fingerprint density at radius 3 is 2.14 bits per heavy atom. The number of carbonyl (C=O) groups excluding carboxylic acids is 2. The number of amides is 1. The summed E-state index contributed by atoms with van der Waals surface area (Å²) in [5.74, 6) is -3.53. The van der Waals surface area contributed by atoms with Crippen LogP contribution in [0.25, 0.3) is 0 Å². The number of rotatable bonds is 7. The van der Waals surface area contributed by atoms with Crippen LogP contribution >= 0.6 is 0 Å². The number of hydrogen-bond acceptors (Lipinski definition) is 4. The third-order valence-corrected chi connectivity index (χ3v) is 2.80. The monoisotopic (exact) mass is 293 g/mol. The second kappa shape index (κ2) is 7.18. The minimum Gasteiger partial charge on any atom is -0.481 e. The predicted octanol–water partition coefficient (Wildman–Crippen LogP) is 0.937. The van der Waals surface area contributed by atoms with E-state index >= 15 is 0 Å². The predicted molar refractivity (Wildman–Crippen MR) is 72.2 cm³/mol. The molecule has 0 unspecified atom stereocenters. The van der Waals surface area contributed by atoms with Crippen molar-refractivity contribution in [3.63, 3.8) is 0 Å². The van der Waals surface area contributed by atoms with E-state index in [-0.39, 0.29) is 29.8 Å². The van der Waals surface area contributed by atoms with Crippen molar-refractivity contribution in [2.45, 2.75) is 25.8 Å². The van der Waals surface area contributed by atoms with E-state index in [9.17, 15) is 19.2 Å². The second-order valence-electron chi connectivity index (χ2n) is 4.40. The molecule has 7 nitrogen and oxygen atoms in total. The highest BCUT2D eigenvalue weighted by Crippen LogP contribution is 2.10. The molecule has 1 atom stereocenters. The van der Waals surface area contributed by atoms with Gasteiger partial charge in [-0.05, 0) is 19.4 Å². The summed E-state index contributed by atoms with van der Waals surface area (Å²) in [6, 6.07) is 4.68. The number of ketones is 1. The Hall–Kier alpha value is -2.70. The zero-order valence-electron chi connectivity index (χ0n) is 11.3. The molecule has 0 aliphatic carbocycles. The van der Waals surface area contributed by atoms with Crippen molar-refractivity contribution in [2.75, 3.05) is 0 Å². The molecule has 3 N–H and O–H groups in total. The van der Waals surface area contributed by atoms with Crippen LogP contribution in [0.5, 0.6) is 0 Å². The fraction of sp³-hybridized carbons (Fsp3) is 0.286. The van der Waals surface area contributed by atoms with Crippen LogP contribution in [0.3, 0.4) is 0 Å². The zero-order valence-corrected chi connectivity index (χ0v) is 11.3. The molecule has 1 aromatic carbocycles. The van der Waals surface area contributed by atoms with Crippen LogP contribution in [0.4, 0.5) is 0 Å². The smallest absolute Gasteiger partial charge is 0.326 e. The van der Waals surface area contributed by atoms with E-state index in [0.29, 0.717) is 0 Å². The number of carbonyl (C=O) groups is 4. The Morgan fingerprint density at radius 2 is 1.67 bits per heavy atom. The first-order valence-corrected chi connectivity index (χ1v) is 6.18. The molecule has 21 heavy (non-hydrogen) atoms. The lowest BCUT2D eigenvalue weighted by Crippen LogP contribution is -2.41. The van der Waals surface area contributed by atoms with Gasteiger partial charge in [-0.15, -0.1) is 0 Å². The normalized spacial score (nSPS) is 11.5. The number of benzene rings is 1. The third-order valence-electron chi connectivity index (χ3n) is 2.80. The van der Waals surface area contributed by atoms with Gasteiger partial charge in [0.25, 0.3) is 5.91 Å². The number of nitrogens with one attached hydrogen (secondary N) is 1. The SMILES string of the molecule is CC(=O)c1ccccc1C(=O)N[C@@H](CCC(=O)O)C(=O)O. The third kappa shape index (κ3) is 4.72. The average Bonchev–Trinajstić information content (AvgIpc) is 2.42. The van der Waals surface area contributed by atoms with E-state index < -0.39 is 23.9 Å². The van der Waals surface area contributed by atoms with Gasteiger partial charge in [0.1, 0.15) is 6.04 Å². The Labute approximate surface area is 120 Å². The lowest BCUT2D eigenvalue weighted by Gasteiger charge is -2.14. The van der Waals surface area contributed by atoms with Crippen LogP contribution in [0.15, 0.2) is 24.3 Å². The summed E-state index contributed by atoms with van der Waals surface area (Å²) in [6.45, 7) is 1.30. The van der Waals surface area contributed by atoms with Gasteiger partial charge >= 0.3 is 11.9 Å². The Kier molecular flexibility index (Phi) is 5.59. The topological polar surface area (TPSA) is 121 Å². The quantitative estimate of drug-likeness (QED) is 0.643. The molecule has 0 aromatic heterocycles. The van der Waals surface area contributed by atoms with Crippen molar-refractivity contribution >= 4 is 23.6 Å². The summed E-state index contributed by atoms with van der Waals surface area (Å²) in [4.78, 5) is 45.0. The summed E-state index contributed by atoms with van der Waals surface area (Å²) in [5.41, 5.74) is 0.240. The van der Waals surface area contributed by atoms with Crippen molar-refractivity contribution in [3.05, 3.63) is 35.4 Å². The van der Waals surface area contributed by atoms with Crippen LogP contribution in [0, 0.1) is 0 Å². The highest BCUT2D eigenvalue weighted by Gasteiger charge is 2.23. The van der Waals surface area contributed by atoms with E-state index in [1.165, 1.54) is 19.1 Å². The maximum atomic E-state index is 12.1. The van der Waals surface area contributed by atoms with Crippen molar-refractivity contribution in [3.8, 4) is 0 Å². The van der Waals surface area contributed by atoms with Gasteiger partial charge in [-0.25, -0.2) is 4.79 Å². The molecular formula is C14H15NO6. The van der Waals surface area contributed by atoms with Gasteiger partial charge in [0.2, 0.25) is 0 Å². The van der Waals surface area contributed by atoms with Crippen LogP contribution < -0.4 is 5.32 Å². The van der Waals surface area contributed by atoms with E-state index in [1.807, 2.05) is 0 Å². The summed E-state index contributed by atoms with van der Waals surface area (Å²) >= 11 is 0. The van der Waals surface area contributed by atoms with E-state index in [4.69, 9.17) is 10.2 Å². The fourth-order valence-electron chi connectivity index (χ4n) is 1.75. The van der Waals surface area contributed by atoms with Crippen LogP contribution in [-0.2, 0) is 9.59 Å². The van der Waals surface area contributed by atoms with Gasteiger partial charge < -0.3 is 15.5 Å². The van der Waals surface area contributed by atoms with Gasteiger partial charge in [-0.3, -0.25) is 14.4 Å². The summed E-state index contributed by atoms with van der Waals surface area (Å²) < 4.78 is 0. The molecule has 0 spiro atoms. The van der Waals surface area contributed by atoms with Crippen LogP contribution in [0.2, 0.25) is 0 Å². The number of carboxylic acids is 2. The van der Waals surface area contributed by atoms with E-state index in [0.717, 1.165) is 0 Å². The molecular weight excluding hydrogens is 278 g/mol. The second-order valence-corrected chi connectivity index (χ2v) is 4.40. The molecule has 0 fully saturated rings. The molecule has 0 aliphatic rings. The summed E-state index contributed by atoms with van der Waals surface area (Å²) in [5, 5.41) is 19.8. The maximum absolute atomic E-state index is 12.1. The highest BCUT2D eigenvalue weighted by atomic mass is 16.4. The molecule has 1 aromatic rings. The highest BCUT2D eigenvalue weighted by molar-refractivity contribution is 6.07. The molecule has 7 heteroatoms. The Balaban J connectivity index is 2.90. The number of hydrogen-bond donors (Lipinski definition) is 3. The van der Waals surface area contributed by atoms with Gasteiger partial charge in [0.05, 0.1) is 5.56 Å². The van der Waals surface area contributed by atoms with Gasteiger partial charge in [-0.1, -0.05) is 18.2 Å². The molecule has 0 aliphatic heterocycles. The Bertz CT molecular complexity index is 581. The molecule has 0 radical (unpaired) electrons. The van der Waals surface area contributed by atoms with E-state index in [2.05, 4.69) is 5.32 Å². The standard InChI is InChI=1S/C14H15NO6/c1-8(16)9-4-2-3-5-10(9)13(19)15-11(14(20)21)6-7-12(17)18/h2-5,11H,6-7H2,1H3,(H,15,19)(H,17,18)(H,20,21)/t11-/m0/s1. The largest absolute Gasteiger partial charge is 0.481 e. The first-order chi connectivity index (χ1) is 9.82. The Morgan fingerprint density at radius 1 is 1.10 bits per heavy atom. The van der Waals surface area contributed by atoms with Gasteiger partial charge in [0, 0.05) is 12.0 Å². The molecule has 1 rings (SSSR count). The number of aliphatic carboxylic acids is 2. The first-order valence-electron chi connectivity index (χ1n) is 6.18. The zero-order chi connectivity index (χ0) is 16.0. The van der Waals surface area contributed by atoms with Crippen molar-refractivity contribution < 1.29 is 29.4 Å². The van der Waals surface area contributed by atoms with Crippen LogP contribution in [-0.4, -0.2) is 39.9 Å². The minimum atomic E-state index is -1.33. The minimum absolute atomic E-state index is 0.0616. The lowest BCUT2D eigenvalue weighted by molar-refractivity contribution is -0.140. The molecule has 0 heterocycles. The lowest BCUT2D eigenvalue weighted by atomic mass is 10.0. The first kappa shape index (κ1) is 16.4. The average molecular weight is 293 g/mol.